The van der Waals surface area contributed by atoms with Crippen molar-refractivity contribution in [3.63, 3.8) is 0 Å². The van der Waals surface area contributed by atoms with Crippen LogP contribution in [0.5, 0.6) is 11.5 Å². The van der Waals surface area contributed by atoms with Gasteiger partial charge in [-0.2, -0.15) is 0 Å². The summed E-state index contributed by atoms with van der Waals surface area (Å²) >= 11 is 0. The van der Waals surface area contributed by atoms with E-state index in [2.05, 4.69) is 26.1 Å². The molecule has 2 aliphatic rings. The van der Waals surface area contributed by atoms with Crippen LogP contribution in [0.2, 0.25) is 0 Å². The van der Waals surface area contributed by atoms with E-state index in [1.165, 1.54) is 0 Å². The van der Waals surface area contributed by atoms with Crippen LogP contribution in [0.25, 0.3) is 0 Å². The van der Waals surface area contributed by atoms with Crippen LogP contribution < -0.4 is 14.8 Å². The van der Waals surface area contributed by atoms with E-state index >= 15 is 0 Å². The Kier molecular flexibility index (Phi) is 4.23. The van der Waals surface area contributed by atoms with Crippen molar-refractivity contribution in [2.45, 2.75) is 51.4 Å². The van der Waals surface area contributed by atoms with Crippen LogP contribution >= 0.6 is 0 Å². The Morgan fingerprint density at radius 3 is 2.91 bits per heavy atom. The SMILES string of the molecule is CNC(=O)COc1ccc2c(c1)OC(C)(C)[C@H]1CC[C@H](C)O[C@H]21. The first kappa shape index (κ1) is 16.1. The van der Waals surface area contributed by atoms with Crippen LogP contribution in [0, 0.1) is 5.92 Å². The maximum Gasteiger partial charge on any atom is 0.257 e. The molecule has 0 aliphatic carbocycles. The number of fused-ring (bicyclic) bond motifs is 3. The smallest absolute Gasteiger partial charge is 0.257 e. The summed E-state index contributed by atoms with van der Waals surface area (Å²) in [6, 6.07) is 5.74. The number of hydrogen-bond donors (Lipinski definition) is 1. The van der Waals surface area contributed by atoms with E-state index < -0.39 is 0 Å². The molecule has 5 nitrogen and oxygen atoms in total. The van der Waals surface area contributed by atoms with Crippen LogP contribution in [-0.4, -0.2) is 31.3 Å². The van der Waals surface area contributed by atoms with E-state index in [9.17, 15) is 4.79 Å². The fourth-order valence-electron chi connectivity index (χ4n) is 3.49. The lowest BCUT2D eigenvalue weighted by molar-refractivity contribution is -0.144. The van der Waals surface area contributed by atoms with Crippen LogP contribution in [0.4, 0.5) is 0 Å². The second-order valence-corrected chi connectivity index (χ2v) is 6.92. The van der Waals surface area contributed by atoms with Gasteiger partial charge in [0, 0.05) is 24.6 Å². The molecule has 1 aromatic rings. The Balaban J connectivity index is 1.86. The minimum Gasteiger partial charge on any atom is -0.487 e. The first-order valence-electron chi connectivity index (χ1n) is 8.22. The summed E-state index contributed by atoms with van der Waals surface area (Å²) in [5.74, 6) is 1.61. The number of rotatable bonds is 3. The summed E-state index contributed by atoms with van der Waals surface area (Å²) in [6.45, 7) is 6.35. The van der Waals surface area contributed by atoms with E-state index in [-0.39, 0.29) is 30.3 Å². The van der Waals surface area contributed by atoms with Gasteiger partial charge in [0.2, 0.25) is 0 Å². The summed E-state index contributed by atoms with van der Waals surface area (Å²) in [5.41, 5.74) is 0.796. The minimum atomic E-state index is -0.281. The van der Waals surface area contributed by atoms with E-state index in [1.54, 1.807) is 7.05 Å². The molecule has 0 unspecified atom stereocenters. The lowest BCUT2D eigenvalue weighted by atomic mass is 9.75. The molecule has 1 N–H and O–H groups in total. The molecule has 0 spiro atoms. The molecule has 126 valence electrons. The summed E-state index contributed by atoms with van der Waals surface area (Å²) in [5, 5.41) is 2.54. The molecule has 0 radical (unpaired) electrons. The van der Waals surface area contributed by atoms with Gasteiger partial charge < -0.3 is 19.5 Å². The Morgan fingerprint density at radius 1 is 1.39 bits per heavy atom. The van der Waals surface area contributed by atoms with Gasteiger partial charge in [0.05, 0.1) is 12.2 Å². The Morgan fingerprint density at radius 2 is 2.17 bits per heavy atom. The van der Waals surface area contributed by atoms with Crippen LogP contribution in [-0.2, 0) is 9.53 Å². The lowest BCUT2D eigenvalue weighted by Crippen LogP contribution is -2.48. The Hall–Kier alpha value is -1.75. The van der Waals surface area contributed by atoms with Crippen molar-refractivity contribution in [2.24, 2.45) is 5.92 Å². The minimum absolute atomic E-state index is 0.00172. The van der Waals surface area contributed by atoms with Crippen molar-refractivity contribution in [3.05, 3.63) is 23.8 Å². The number of hydrogen-bond acceptors (Lipinski definition) is 4. The number of likely N-dealkylation sites (N-methyl/N-ethyl adjacent to an activating group) is 1. The topological polar surface area (TPSA) is 56.8 Å². The number of carbonyl (C=O) groups is 1. The standard InChI is InChI=1S/C18H25NO4/c1-11-5-8-14-17(22-11)13-7-6-12(21-10-16(20)19-4)9-15(13)23-18(14,2)3/h6-7,9,11,14,17H,5,8,10H2,1-4H3,(H,19,20)/t11-,14-,17+/m0/s1. The first-order chi connectivity index (χ1) is 10.9. The highest BCUT2D eigenvalue weighted by Gasteiger charge is 2.46. The molecule has 23 heavy (non-hydrogen) atoms. The molecule has 1 amide bonds. The number of amides is 1. The number of carbonyl (C=O) groups excluding carboxylic acids is 1. The Labute approximate surface area is 137 Å². The van der Waals surface area contributed by atoms with Crippen molar-refractivity contribution in [2.75, 3.05) is 13.7 Å². The van der Waals surface area contributed by atoms with E-state index in [0.29, 0.717) is 11.7 Å². The largest absolute Gasteiger partial charge is 0.487 e. The summed E-state index contributed by atoms with van der Waals surface area (Å²) < 4.78 is 18.0. The average Bonchev–Trinajstić information content (AvgIpc) is 2.51. The second-order valence-electron chi connectivity index (χ2n) is 6.92. The third kappa shape index (κ3) is 3.15. The monoisotopic (exact) mass is 319 g/mol. The number of nitrogens with one attached hydrogen (secondary N) is 1. The van der Waals surface area contributed by atoms with Gasteiger partial charge in [0.1, 0.15) is 17.1 Å². The van der Waals surface area contributed by atoms with Crippen LogP contribution in [0.3, 0.4) is 0 Å². The molecule has 2 aliphatic heterocycles. The van der Waals surface area contributed by atoms with Gasteiger partial charge in [-0.3, -0.25) is 4.79 Å². The number of ether oxygens (including phenoxy) is 3. The van der Waals surface area contributed by atoms with Crippen molar-refractivity contribution in [1.29, 1.82) is 0 Å². The second kappa shape index (κ2) is 6.04. The van der Waals surface area contributed by atoms with Gasteiger partial charge >= 0.3 is 0 Å². The summed E-state index contributed by atoms with van der Waals surface area (Å²) in [6.07, 6.45) is 2.50. The van der Waals surface area contributed by atoms with Crippen molar-refractivity contribution < 1.29 is 19.0 Å². The maximum atomic E-state index is 11.3. The van der Waals surface area contributed by atoms with Crippen molar-refractivity contribution in [3.8, 4) is 11.5 Å². The fourth-order valence-corrected chi connectivity index (χ4v) is 3.49. The highest BCUT2D eigenvalue weighted by molar-refractivity contribution is 5.77. The fraction of sp³-hybridized carbons (Fsp3) is 0.611. The Bertz CT molecular complexity index is 599. The van der Waals surface area contributed by atoms with E-state index in [4.69, 9.17) is 14.2 Å². The normalized spacial score (nSPS) is 28.1. The molecule has 3 atom stereocenters. The molecule has 3 rings (SSSR count). The third-order valence-corrected chi connectivity index (χ3v) is 4.83. The maximum absolute atomic E-state index is 11.3. The van der Waals surface area contributed by atoms with Gasteiger partial charge in [0.25, 0.3) is 5.91 Å². The molecule has 0 aromatic heterocycles. The highest BCUT2D eigenvalue weighted by Crippen LogP contribution is 2.51. The van der Waals surface area contributed by atoms with Crippen LogP contribution in [0.15, 0.2) is 18.2 Å². The lowest BCUT2D eigenvalue weighted by Gasteiger charge is -2.48. The predicted molar refractivity (Wildman–Crippen MR) is 86.7 cm³/mol. The van der Waals surface area contributed by atoms with Gasteiger partial charge in [-0.15, -0.1) is 0 Å². The molecular weight excluding hydrogens is 294 g/mol. The molecule has 5 heteroatoms. The summed E-state index contributed by atoms with van der Waals surface area (Å²) in [7, 11) is 1.59. The highest BCUT2D eigenvalue weighted by atomic mass is 16.5. The predicted octanol–water partition coefficient (Wildman–Crippen LogP) is 2.84. The van der Waals surface area contributed by atoms with Crippen molar-refractivity contribution in [1.82, 2.24) is 5.32 Å². The average molecular weight is 319 g/mol. The first-order valence-corrected chi connectivity index (χ1v) is 8.22. The van der Waals surface area contributed by atoms with Gasteiger partial charge in [-0.05, 0) is 45.7 Å². The third-order valence-electron chi connectivity index (χ3n) is 4.83. The molecule has 0 saturated carbocycles. The zero-order valence-electron chi connectivity index (χ0n) is 14.2. The molecular formula is C18H25NO4. The summed E-state index contributed by atoms with van der Waals surface area (Å²) in [4.78, 5) is 11.3. The van der Waals surface area contributed by atoms with Gasteiger partial charge in [-0.25, -0.2) is 0 Å². The van der Waals surface area contributed by atoms with Gasteiger partial charge in [-0.1, -0.05) is 0 Å². The van der Waals surface area contributed by atoms with E-state index in [0.717, 1.165) is 24.2 Å². The van der Waals surface area contributed by atoms with Crippen LogP contribution in [0.1, 0.15) is 45.3 Å². The zero-order chi connectivity index (χ0) is 16.6. The molecule has 1 saturated heterocycles. The quantitative estimate of drug-likeness (QED) is 0.931. The van der Waals surface area contributed by atoms with Crippen molar-refractivity contribution >= 4 is 5.91 Å². The molecule has 1 fully saturated rings. The molecule has 2 heterocycles. The van der Waals surface area contributed by atoms with E-state index in [1.807, 2.05) is 18.2 Å². The molecule has 0 bridgehead atoms. The number of benzene rings is 1. The zero-order valence-corrected chi connectivity index (χ0v) is 14.2. The molecule has 1 aromatic carbocycles. The van der Waals surface area contributed by atoms with Gasteiger partial charge in [0.15, 0.2) is 6.61 Å².